The normalized spacial score (nSPS) is 13.6. The Morgan fingerprint density at radius 1 is 1.39 bits per heavy atom. The third kappa shape index (κ3) is 4.63. The molecule has 0 radical (unpaired) electrons. The molecule has 0 aliphatic carbocycles. The first-order chi connectivity index (χ1) is 10.5. The highest BCUT2D eigenvalue weighted by molar-refractivity contribution is 7.89. The van der Waals surface area contributed by atoms with E-state index < -0.39 is 20.6 Å². The predicted octanol–water partition coefficient (Wildman–Crippen LogP) is 2.55. The molecule has 7 nitrogen and oxygen atoms in total. The second-order valence-corrected chi connectivity index (χ2v) is 8.27. The van der Waals surface area contributed by atoms with Crippen molar-refractivity contribution >= 4 is 27.3 Å². The van der Waals surface area contributed by atoms with E-state index >= 15 is 0 Å². The van der Waals surface area contributed by atoms with Gasteiger partial charge in [-0.3, -0.25) is 10.1 Å². The van der Waals surface area contributed by atoms with E-state index in [0.717, 1.165) is 4.31 Å². The van der Waals surface area contributed by atoms with E-state index in [2.05, 4.69) is 0 Å². The van der Waals surface area contributed by atoms with Gasteiger partial charge in [0.05, 0.1) is 4.92 Å². The summed E-state index contributed by atoms with van der Waals surface area (Å²) in [6, 6.07) is 2.45. The van der Waals surface area contributed by atoms with Crippen molar-refractivity contribution in [2.45, 2.75) is 38.1 Å². The molecule has 0 saturated heterocycles. The van der Waals surface area contributed by atoms with E-state index in [9.17, 15) is 18.5 Å². The van der Waals surface area contributed by atoms with Gasteiger partial charge in [-0.15, -0.1) is 0 Å². The van der Waals surface area contributed by atoms with Gasteiger partial charge in [0.15, 0.2) is 0 Å². The summed E-state index contributed by atoms with van der Waals surface area (Å²) in [5, 5.41) is 10.6. The lowest BCUT2D eigenvalue weighted by atomic mass is 10.0. The van der Waals surface area contributed by atoms with Crippen molar-refractivity contribution in [3.05, 3.63) is 32.8 Å². The topological polar surface area (TPSA) is 107 Å². The molecule has 0 spiro atoms. The molecule has 0 bridgehead atoms. The molecule has 9 heteroatoms. The van der Waals surface area contributed by atoms with Gasteiger partial charge in [-0.1, -0.05) is 25.4 Å². The van der Waals surface area contributed by atoms with Crippen molar-refractivity contribution < 1.29 is 13.3 Å². The molecule has 0 amide bonds. The molecule has 0 aliphatic rings. The predicted molar refractivity (Wildman–Crippen MR) is 90.1 cm³/mol. The first kappa shape index (κ1) is 19.8. The summed E-state index contributed by atoms with van der Waals surface area (Å²) in [6.07, 6.45) is 0.485. The van der Waals surface area contributed by atoms with Gasteiger partial charge in [-0.25, -0.2) is 12.7 Å². The molecule has 1 rings (SSSR count). The highest BCUT2D eigenvalue weighted by atomic mass is 35.5. The van der Waals surface area contributed by atoms with Crippen LogP contribution in [0, 0.1) is 23.0 Å². The number of nitro groups is 1. The van der Waals surface area contributed by atoms with Crippen LogP contribution in [0.3, 0.4) is 0 Å². The van der Waals surface area contributed by atoms with Gasteiger partial charge in [0.25, 0.3) is 5.69 Å². The third-order valence-corrected chi connectivity index (χ3v) is 6.07. The highest BCUT2D eigenvalue weighted by Crippen LogP contribution is 2.33. The van der Waals surface area contributed by atoms with E-state index in [0.29, 0.717) is 12.0 Å². The first-order valence-corrected chi connectivity index (χ1v) is 8.96. The molecule has 1 atom stereocenters. The molecule has 1 aromatic rings. The third-order valence-electron chi connectivity index (χ3n) is 3.68. The summed E-state index contributed by atoms with van der Waals surface area (Å²) in [5.41, 5.74) is 5.96. The number of nitrogens with two attached hydrogens (primary N) is 1. The van der Waals surface area contributed by atoms with E-state index in [4.69, 9.17) is 17.3 Å². The van der Waals surface area contributed by atoms with Crippen LogP contribution in [0.25, 0.3) is 0 Å². The van der Waals surface area contributed by atoms with Gasteiger partial charge in [-0.05, 0) is 30.9 Å². The largest absolute Gasteiger partial charge is 0.327 e. The number of sulfonamides is 1. The molecule has 1 unspecified atom stereocenters. The van der Waals surface area contributed by atoms with E-state index in [1.54, 1.807) is 6.92 Å². The van der Waals surface area contributed by atoms with Gasteiger partial charge in [0.1, 0.15) is 9.92 Å². The van der Waals surface area contributed by atoms with Crippen molar-refractivity contribution in [2.75, 3.05) is 13.6 Å². The number of hydrogen-bond acceptors (Lipinski definition) is 5. The lowest BCUT2D eigenvalue weighted by Crippen LogP contribution is -2.34. The summed E-state index contributed by atoms with van der Waals surface area (Å²) >= 11 is 5.95. The van der Waals surface area contributed by atoms with Crippen molar-refractivity contribution in [3.63, 3.8) is 0 Å². The Bertz CT molecular complexity index is 692. The average Bonchev–Trinajstić information content (AvgIpc) is 2.45. The number of benzene rings is 1. The summed E-state index contributed by atoms with van der Waals surface area (Å²) in [6.45, 7) is 5.71. The first-order valence-electron chi connectivity index (χ1n) is 7.15. The van der Waals surface area contributed by atoms with Crippen molar-refractivity contribution in [1.29, 1.82) is 0 Å². The lowest BCUT2D eigenvalue weighted by Gasteiger charge is -2.21. The molecule has 0 aliphatic heterocycles. The Balaban J connectivity index is 3.16. The zero-order valence-electron chi connectivity index (χ0n) is 13.6. The van der Waals surface area contributed by atoms with Crippen LogP contribution in [0.1, 0.15) is 25.8 Å². The van der Waals surface area contributed by atoms with Crippen molar-refractivity contribution in [1.82, 2.24) is 4.31 Å². The Hall–Kier alpha value is -1.22. The minimum absolute atomic E-state index is 0.130. The Labute approximate surface area is 141 Å². The monoisotopic (exact) mass is 363 g/mol. The van der Waals surface area contributed by atoms with E-state index in [1.807, 2.05) is 13.8 Å². The van der Waals surface area contributed by atoms with E-state index in [-0.39, 0.29) is 28.4 Å². The van der Waals surface area contributed by atoms with Crippen molar-refractivity contribution in [3.8, 4) is 0 Å². The molecule has 130 valence electrons. The second-order valence-electron chi connectivity index (χ2n) is 5.88. The van der Waals surface area contributed by atoms with Crippen LogP contribution < -0.4 is 5.73 Å². The number of hydrogen-bond donors (Lipinski definition) is 1. The number of halogens is 1. The average molecular weight is 364 g/mol. The highest BCUT2D eigenvalue weighted by Gasteiger charge is 2.29. The molecule has 23 heavy (non-hydrogen) atoms. The molecular formula is C14H22ClN3O4S. The van der Waals surface area contributed by atoms with Crippen LogP contribution in [-0.2, 0) is 10.0 Å². The molecular weight excluding hydrogens is 342 g/mol. The van der Waals surface area contributed by atoms with Crippen LogP contribution in [-0.4, -0.2) is 37.3 Å². The lowest BCUT2D eigenvalue weighted by molar-refractivity contribution is -0.385. The fourth-order valence-corrected chi connectivity index (χ4v) is 3.81. The Morgan fingerprint density at radius 2 is 1.96 bits per heavy atom. The van der Waals surface area contributed by atoms with Crippen molar-refractivity contribution in [2.24, 2.45) is 11.7 Å². The van der Waals surface area contributed by atoms with Crippen LogP contribution in [0.4, 0.5) is 5.69 Å². The molecule has 0 heterocycles. The number of aryl methyl sites for hydroxylation is 1. The quantitative estimate of drug-likeness (QED) is 0.591. The molecule has 0 saturated carbocycles. The second kappa shape index (κ2) is 7.57. The minimum atomic E-state index is -3.93. The zero-order valence-corrected chi connectivity index (χ0v) is 15.2. The SMILES string of the molecule is Cc1cc([N+](=O)[O-])c(Cl)c(S(=O)(=O)N(C)CCC(N)C(C)C)c1. The Morgan fingerprint density at radius 3 is 2.43 bits per heavy atom. The molecule has 0 fully saturated rings. The summed E-state index contributed by atoms with van der Waals surface area (Å²) in [5.74, 6) is 0.231. The standard InChI is InChI=1S/C14H22ClN3O4S/c1-9(2)11(16)5-6-17(4)23(21,22)13-8-10(3)7-12(14(13)15)18(19)20/h7-9,11H,5-6,16H2,1-4H3. The fraction of sp³-hybridized carbons (Fsp3) is 0.571. The molecule has 0 aromatic heterocycles. The van der Waals surface area contributed by atoms with Crippen LogP contribution in [0.2, 0.25) is 5.02 Å². The fourth-order valence-electron chi connectivity index (χ4n) is 1.99. The number of nitro benzene ring substituents is 1. The van der Waals surface area contributed by atoms with Crippen LogP contribution in [0.5, 0.6) is 0 Å². The van der Waals surface area contributed by atoms with Gasteiger partial charge in [0.2, 0.25) is 10.0 Å². The molecule has 2 N–H and O–H groups in total. The van der Waals surface area contributed by atoms with Gasteiger partial charge < -0.3 is 5.73 Å². The maximum Gasteiger partial charge on any atom is 0.289 e. The summed E-state index contributed by atoms with van der Waals surface area (Å²) < 4.78 is 26.4. The molecule has 1 aromatic carbocycles. The zero-order chi connectivity index (χ0) is 17.9. The van der Waals surface area contributed by atoms with E-state index in [1.165, 1.54) is 19.2 Å². The summed E-state index contributed by atoms with van der Waals surface area (Å²) in [4.78, 5) is 10.1. The minimum Gasteiger partial charge on any atom is -0.327 e. The maximum absolute atomic E-state index is 12.6. The number of rotatable bonds is 7. The Kier molecular flexibility index (Phi) is 6.52. The smallest absolute Gasteiger partial charge is 0.289 e. The summed E-state index contributed by atoms with van der Waals surface area (Å²) in [7, 11) is -2.52. The van der Waals surface area contributed by atoms with Gasteiger partial charge in [0, 0.05) is 25.7 Å². The van der Waals surface area contributed by atoms with Crippen LogP contribution >= 0.6 is 11.6 Å². The van der Waals surface area contributed by atoms with Crippen LogP contribution in [0.15, 0.2) is 17.0 Å². The van der Waals surface area contributed by atoms with Gasteiger partial charge >= 0.3 is 0 Å². The van der Waals surface area contributed by atoms with Gasteiger partial charge in [-0.2, -0.15) is 0 Å². The maximum atomic E-state index is 12.6. The number of nitrogens with zero attached hydrogens (tertiary/aromatic N) is 2.